The summed E-state index contributed by atoms with van der Waals surface area (Å²) in [7, 11) is 4.95. The number of amides is 2. The van der Waals surface area contributed by atoms with Gasteiger partial charge in [-0.1, -0.05) is 12.1 Å². The second-order valence-corrected chi connectivity index (χ2v) is 6.52. The average molecular weight is 350 g/mol. The number of nitrogens with one attached hydrogen (secondary N) is 1. The molecule has 7 heteroatoms. The molecule has 0 aliphatic carbocycles. The van der Waals surface area contributed by atoms with Crippen molar-refractivity contribution >= 4 is 11.8 Å². The molecule has 1 fully saturated rings. The van der Waals surface area contributed by atoms with Gasteiger partial charge in [-0.2, -0.15) is 0 Å². The molecule has 2 rings (SSSR count). The Labute approximate surface area is 148 Å². The zero-order chi connectivity index (χ0) is 18.4. The number of hydrogen-bond acceptors (Lipinski definition) is 4. The molecule has 3 N–H and O–H groups in total. The maximum atomic E-state index is 12.6. The Bertz CT molecular complexity index is 620. The Balaban J connectivity index is 1.98. The fourth-order valence-electron chi connectivity index (χ4n) is 3.33. The van der Waals surface area contributed by atoms with E-state index in [1.54, 1.807) is 26.2 Å². The van der Waals surface area contributed by atoms with Gasteiger partial charge in [-0.15, -0.1) is 0 Å². The molecule has 0 spiro atoms. The fourth-order valence-corrected chi connectivity index (χ4v) is 3.33. The number of nitrogens with zero attached hydrogens (tertiary/aromatic N) is 1. The quantitative estimate of drug-likeness (QED) is 0.690. The molecule has 2 atom stereocenters. The van der Waals surface area contributed by atoms with Crippen LogP contribution in [0.2, 0.25) is 0 Å². The molecule has 1 aliphatic rings. The van der Waals surface area contributed by atoms with Crippen LogP contribution >= 0.6 is 0 Å². The first-order valence-electron chi connectivity index (χ1n) is 8.53. The van der Waals surface area contributed by atoms with Gasteiger partial charge in [0, 0.05) is 19.2 Å². The predicted octanol–water partition coefficient (Wildman–Crippen LogP) is -0.558. The standard InChI is InChI=1S/C18H27N3O4/c1-20(10-13-6-4-8-15(24-2)17(13)25-3)16(22)12-21-9-5-7-14(11-21)18(19)23/h4,6,8,14H,5,7,9-12H2,1-3H3,(H2,19,23)/p+1/t14-/m0/s1. The maximum absolute atomic E-state index is 12.6. The van der Waals surface area contributed by atoms with Crippen molar-refractivity contribution in [3.05, 3.63) is 23.8 Å². The van der Waals surface area contributed by atoms with E-state index < -0.39 is 0 Å². The molecular weight excluding hydrogens is 322 g/mol. The van der Waals surface area contributed by atoms with Crippen molar-refractivity contribution in [2.45, 2.75) is 19.4 Å². The lowest BCUT2D eigenvalue weighted by molar-refractivity contribution is -0.899. The predicted molar refractivity (Wildman–Crippen MR) is 93.5 cm³/mol. The van der Waals surface area contributed by atoms with Crippen molar-refractivity contribution in [2.75, 3.05) is 40.9 Å². The lowest BCUT2D eigenvalue weighted by Gasteiger charge is -2.29. The highest BCUT2D eigenvalue weighted by Crippen LogP contribution is 2.31. The van der Waals surface area contributed by atoms with Gasteiger partial charge < -0.3 is 25.0 Å². The third-order valence-corrected chi connectivity index (χ3v) is 4.74. The lowest BCUT2D eigenvalue weighted by atomic mass is 9.97. The summed E-state index contributed by atoms with van der Waals surface area (Å²) >= 11 is 0. The molecule has 2 amide bonds. The summed E-state index contributed by atoms with van der Waals surface area (Å²) in [6.45, 7) is 2.33. The Morgan fingerprint density at radius 3 is 2.72 bits per heavy atom. The smallest absolute Gasteiger partial charge is 0.277 e. The number of rotatable bonds is 7. The molecule has 0 bridgehead atoms. The molecule has 1 aliphatic heterocycles. The first-order chi connectivity index (χ1) is 12.0. The molecule has 25 heavy (non-hydrogen) atoms. The molecule has 7 nitrogen and oxygen atoms in total. The molecule has 0 saturated carbocycles. The van der Waals surface area contributed by atoms with E-state index in [1.807, 2.05) is 18.2 Å². The first kappa shape index (κ1) is 19.1. The van der Waals surface area contributed by atoms with Crippen LogP contribution in [0.25, 0.3) is 0 Å². The number of likely N-dealkylation sites (N-methyl/N-ethyl adjacent to an activating group) is 1. The highest BCUT2D eigenvalue weighted by atomic mass is 16.5. The summed E-state index contributed by atoms with van der Waals surface area (Å²) in [5.41, 5.74) is 6.30. The summed E-state index contributed by atoms with van der Waals surface area (Å²) < 4.78 is 10.7. The third kappa shape index (κ3) is 4.85. The number of para-hydroxylation sites is 1. The molecule has 1 unspecified atom stereocenters. The normalized spacial score (nSPS) is 20.0. The lowest BCUT2D eigenvalue weighted by Crippen LogP contribution is -3.14. The maximum Gasteiger partial charge on any atom is 0.277 e. The van der Waals surface area contributed by atoms with Crippen LogP contribution in [0.5, 0.6) is 11.5 Å². The average Bonchev–Trinajstić information content (AvgIpc) is 2.61. The minimum Gasteiger partial charge on any atom is -0.493 e. The van der Waals surface area contributed by atoms with Crippen LogP contribution in [0, 0.1) is 5.92 Å². The largest absolute Gasteiger partial charge is 0.493 e. The van der Waals surface area contributed by atoms with E-state index in [4.69, 9.17) is 15.2 Å². The van der Waals surface area contributed by atoms with Gasteiger partial charge in [0.15, 0.2) is 18.0 Å². The van der Waals surface area contributed by atoms with Crippen LogP contribution in [0.3, 0.4) is 0 Å². The number of likely N-dealkylation sites (tertiary alicyclic amines) is 1. The topological polar surface area (TPSA) is 86.3 Å². The zero-order valence-electron chi connectivity index (χ0n) is 15.2. The molecule has 138 valence electrons. The number of carbonyl (C=O) groups excluding carboxylic acids is 2. The minimum atomic E-state index is -0.265. The van der Waals surface area contributed by atoms with E-state index in [1.165, 1.54) is 0 Å². The van der Waals surface area contributed by atoms with Crippen LogP contribution in [0.15, 0.2) is 18.2 Å². The monoisotopic (exact) mass is 350 g/mol. The van der Waals surface area contributed by atoms with Crippen LogP contribution in [0.4, 0.5) is 0 Å². The molecule has 1 aromatic rings. The SMILES string of the molecule is COc1cccc(CN(C)C(=O)C[NH+]2CCC[C@H](C(N)=O)C2)c1OC. The van der Waals surface area contributed by atoms with Gasteiger partial charge in [0.1, 0.15) is 0 Å². The van der Waals surface area contributed by atoms with Crippen LogP contribution in [0.1, 0.15) is 18.4 Å². The Morgan fingerprint density at radius 2 is 2.08 bits per heavy atom. The highest BCUT2D eigenvalue weighted by Gasteiger charge is 2.29. The molecule has 1 saturated heterocycles. The van der Waals surface area contributed by atoms with Crippen molar-refractivity contribution in [2.24, 2.45) is 11.7 Å². The van der Waals surface area contributed by atoms with Gasteiger partial charge in [-0.3, -0.25) is 9.59 Å². The van der Waals surface area contributed by atoms with E-state index in [-0.39, 0.29) is 17.7 Å². The zero-order valence-corrected chi connectivity index (χ0v) is 15.2. The van der Waals surface area contributed by atoms with Crippen LogP contribution in [-0.2, 0) is 16.1 Å². The number of methoxy groups -OCH3 is 2. The van der Waals surface area contributed by atoms with Crippen molar-refractivity contribution < 1.29 is 24.0 Å². The second kappa shape index (κ2) is 8.71. The van der Waals surface area contributed by atoms with Gasteiger partial charge in [0.05, 0.1) is 33.2 Å². The number of primary amides is 1. The highest BCUT2D eigenvalue weighted by molar-refractivity contribution is 5.78. The summed E-state index contributed by atoms with van der Waals surface area (Å²) in [5, 5.41) is 0. The third-order valence-electron chi connectivity index (χ3n) is 4.74. The summed E-state index contributed by atoms with van der Waals surface area (Å²) in [4.78, 5) is 26.7. The molecule has 0 radical (unpaired) electrons. The van der Waals surface area contributed by atoms with Crippen molar-refractivity contribution in [3.8, 4) is 11.5 Å². The van der Waals surface area contributed by atoms with E-state index in [0.29, 0.717) is 31.1 Å². The first-order valence-corrected chi connectivity index (χ1v) is 8.53. The molecule has 0 aromatic heterocycles. The van der Waals surface area contributed by atoms with E-state index >= 15 is 0 Å². The van der Waals surface area contributed by atoms with E-state index in [2.05, 4.69) is 0 Å². The van der Waals surface area contributed by atoms with Gasteiger partial charge in [-0.05, 0) is 18.9 Å². The number of nitrogens with two attached hydrogens (primary N) is 1. The number of ether oxygens (including phenoxy) is 2. The van der Waals surface area contributed by atoms with Gasteiger partial charge in [0.2, 0.25) is 5.91 Å². The summed E-state index contributed by atoms with van der Waals surface area (Å²) in [6.07, 6.45) is 1.74. The van der Waals surface area contributed by atoms with Crippen molar-refractivity contribution in [1.29, 1.82) is 0 Å². The Morgan fingerprint density at radius 1 is 1.32 bits per heavy atom. The Kier molecular flexibility index (Phi) is 6.64. The summed E-state index contributed by atoms with van der Waals surface area (Å²) in [6, 6.07) is 5.62. The molecule has 1 heterocycles. The molecular formula is C18H28N3O4+. The molecule has 1 aromatic carbocycles. The fraction of sp³-hybridized carbons (Fsp3) is 0.556. The van der Waals surface area contributed by atoms with Gasteiger partial charge in [-0.25, -0.2) is 0 Å². The number of quaternary nitrogens is 1. The second-order valence-electron chi connectivity index (χ2n) is 6.52. The number of benzene rings is 1. The Hall–Kier alpha value is -2.28. The number of hydrogen-bond donors (Lipinski definition) is 2. The van der Waals surface area contributed by atoms with Crippen LogP contribution in [-0.4, -0.2) is 57.6 Å². The summed E-state index contributed by atoms with van der Waals surface area (Å²) in [5.74, 6) is 0.931. The number of piperidine rings is 1. The van der Waals surface area contributed by atoms with Crippen molar-refractivity contribution in [3.63, 3.8) is 0 Å². The van der Waals surface area contributed by atoms with E-state index in [0.717, 1.165) is 29.8 Å². The van der Waals surface area contributed by atoms with Crippen LogP contribution < -0.4 is 20.1 Å². The van der Waals surface area contributed by atoms with Crippen molar-refractivity contribution in [1.82, 2.24) is 4.90 Å². The minimum absolute atomic E-state index is 0.0324. The van der Waals surface area contributed by atoms with Gasteiger partial charge in [0.25, 0.3) is 5.91 Å². The van der Waals surface area contributed by atoms with Gasteiger partial charge >= 0.3 is 0 Å². The van der Waals surface area contributed by atoms with E-state index in [9.17, 15) is 9.59 Å². The number of carbonyl (C=O) groups is 2.